The first-order valence-corrected chi connectivity index (χ1v) is 9.14. The summed E-state index contributed by atoms with van der Waals surface area (Å²) in [6.07, 6.45) is 0. The minimum Gasteiger partial charge on any atom is -0.496 e. The normalized spacial score (nSPS) is 11.8. The number of amides is 2. The van der Waals surface area contributed by atoms with Gasteiger partial charge in [0.05, 0.1) is 7.11 Å². The van der Waals surface area contributed by atoms with Crippen molar-refractivity contribution in [2.24, 2.45) is 5.92 Å². The molecule has 0 spiro atoms. The van der Waals surface area contributed by atoms with Crippen molar-refractivity contribution in [2.45, 2.75) is 26.4 Å². The molecule has 5 nitrogen and oxygen atoms in total. The van der Waals surface area contributed by atoms with Crippen molar-refractivity contribution in [1.82, 2.24) is 10.2 Å². The Balaban J connectivity index is 2.14. The van der Waals surface area contributed by atoms with Crippen LogP contribution in [0.5, 0.6) is 5.75 Å². The Kier molecular flexibility index (Phi) is 7.25. The number of likely N-dealkylation sites (N-methyl/N-ethyl adjacent to an activating group) is 1. The van der Waals surface area contributed by atoms with Crippen LogP contribution in [-0.4, -0.2) is 36.9 Å². The molecular weight excluding hydrogens is 364 g/mol. The predicted octanol–water partition coefficient (Wildman–Crippen LogP) is 3.76. The first-order valence-electron chi connectivity index (χ1n) is 8.76. The molecule has 0 radical (unpaired) electrons. The fourth-order valence-electron chi connectivity index (χ4n) is 2.77. The van der Waals surface area contributed by atoms with Gasteiger partial charge in [-0.2, -0.15) is 0 Å². The lowest BCUT2D eigenvalue weighted by molar-refractivity contribution is -0.133. The lowest BCUT2D eigenvalue weighted by Crippen LogP contribution is -2.50. The molecule has 0 aromatic heterocycles. The molecule has 2 rings (SSSR count). The maximum Gasteiger partial charge on any atom is 0.251 e. The maximum absolute atomic E-state index is 13.0. The van der Waals surface area contributed by atoms with E-state index >= 15 is 0 Å². The van der Waals surface area contributed by atoms with Crippen molar-refractivity contribution in [2.75, 3.05) is 14.2 Å². The summed E-state index contributed by atoms with van der Waals surface area (Å²) < 4.78 is 5.34. The summed E-state index contributed by atoms with van der Waals surface area (Å²) >= 11 is 6.07. The van der Waals surface area contributed by atoms with Crippen LogP contribution in [0, 0.1) is 5.92 Å². The molecule has 0 aliphatic heterocycles. The number of ether oxygens (including phenoxy) is 1. The summed E-state index contributed by atoms with van der Waals surface area (Å²) in [7, 11) is 3.28. The van der Waals surface area contributed by atoms with Gasteiger partial charge >= 0.3 is 0 Å². The molecule has 0 aliphatic carbocycles. The number of carbonyl (C=O) groups is 2. The number of nitrogens with one attached hydrogen (secondary N) is 1. The smallest absolute Gasteiger partial charge is 0.251 e. The summed E-state index contributed by atoms with van der Waals surface area (Å²) in [6.45, 7) is 4.14. The Hall–Kier alpha value is -2.53. The Labute approximate surface area is 165 Å². The summed E-state index contributed by atoms with van der Waals surface area (Å²) in [4.78, 5) is 27.0. The number of hydrogen-bond donors (Lipinski definition) is 1. The number of hydrogen-bond acceptors (Lipinski definition) is 3. The fraction of sp³-hybridized carbons (Fsp3) is 0.333. The third kappa shape index (κ3) is 5.47. The van der Waals surface area contributed by atoms with Gasteiger partial charge in [0.25, 0.3) is 5.91 Å². The molecule has 27 heavy (non-hydrogen) atoms. The van der Waals surface area contributed by atoms with E-state index in [-0.39, 0.29) is 17.7 Å². The van der Waals surface area contributed by atoms with Crippen LogP contribution < -0.4 is 10.1 Å². The maximum atomic E-state index is 13.0. The molecule has 0 aliphatic rings. The minimum atomic E-state index is -0.632. The van der Waals surface area contributed by atoms with E-state index in [9.17, 15) is 9.59 Å². The molecule has 6 heteroatoms. The van der Waals surface area contributed by atoms with Crippen LogP contribution in [-0.2, 0) is 11.3 Å². The molecule has 0 fully saturated rings. The van der Waals surface area contributed by atoms with E-state index in [1.165, 1.54) is 0 Å². The van der Waals surface area contributed by atoms with Gasteiger partial charge in [-0.25, -0.2) is 0 Å². The van der Waals surface area contributed by atoms with E-state index in [1.807, 2.05) is 19.9 Å². The Morgan fingerprint density at radius 3 is 2.41 bits per heavy atom. The number of nitrogens with zero attached hydrogens (tertiary/aromatic N) is 1. The highest BCUT2D eigenvalue weighted by Crippen LogP contribution is 2.24. The second-order valence-corrected chi connectivity index (χ2v) is 7.15. The summed E-state index contributed by atoms with van der Waals surface area (Å²) in [6, 6.07) is 13.5. The van der Waals surface area contributed by atoms with E-state index < -0.39 is 6.04 Å². The molecule has 2 aromatic rings. The van der Waals surface area contributed by atoms with Crippen molar-refractivity contribution in [3.63, 3.8) is 0 Å². The number of halogens is 1. The van der Waals surface area contributed by atoms with Crippen LogP contribution in [0.3, 0.4) is 0 Å². The van der Waals surface area contributed by atoms with Gasteiger partial charge in [-0.3, -0.25) is 9.59 Å². The van der Waals surface area contributed by atoms with Crippen molar-refractivity contribution in [3.05, 3.63) is 64.7 Å². The standard InChI is InChI=1S/C21H25ClN2O3/c1-14(2)19(23-20(25)15-8-6-5-7-9-15)21(26)24(3)13-16-12-17(22)10-11-18(16)27-4/h5-12,14,19H,13H2,1-4H3,(H,23,25). The van der Waals surface area contributed by atoms with E-state index in [0.29, 0.717) is 22.9 Å². The van der Waals surface area contributed by atoms with Crippen LogP contribution in [0.25, 0.3) is 0 Å². The van der Waals surface area contributed by atoms with Gasteiger partial charge in [-0.1, -0.05) is 43.6 Å². The molecular formula is C21H25ClN2O3. The van der Waals surface area contributed by atoms with Crippen molar-refractivity contribution in [1.29, 1.82) is 0 Å². The van der Waals surface area contributed by atoms with Gasteiger partial charge in [0, 0.05) is 29.7 Å². The third-order valence-electron chi connectivity index (χ3n) is 4.28. The van der Waals surface area contributed by atoms with E-state index in [1.54, 1.807) is 61.5 Å². The van der Waals surface area contributed by atoms with Gasteiger partial charge < -0.3 is 15.0 Å². The van der Waals surface area contributed by atoms with Crippen LogP contribution >= 0.6 is 11.6 Å². The molecule has 2 aromatic carbocycles. The van der Waals surface area contributed by atoms with Crippen molar-refractivity contribution >= 4 is 23.4 Å². The first-order chi connectivity index (χ1) is 12.8. The highest BCUT2D eigenvalue weighted by molar-refractivity contribution is 6.30. The van der Waals surface area contributed by atoms with Crippen LogP contribution in [0.1, 0.15) is 29.8 Å². The van der Waals surface area contributed by atoms with Crippen LogP contribution in [0.15, 0.2) is 48.5 Å². The second kappa shape index (κ2) is 9.42. The monoisotopic (exact) mass is 388 g/mol. The third-order valence-corrected chi connectivity index (χ3v) is 4.52. The molecule has 1 atom stereocenters. The Morgan fingerprint density at radius 2 is 1.81 bits per heavy atom. The van der Waals surface area contributed by atoms with Gasteiger partial charge in [-0.15, -0.1) is 0 Å². The zero-order valence-corrected chi connectivity index (χ0v) is 16.8. The summed E-state index contributed by atoms with van der Waals surface area (Å²) in [5.41, 5.74) is 1.33. The molecule has 1 N–H and O–H groups in total. The van der Waals surface area contributed by atoms with Crippen LogP contribution in [0.2, 0.25) is 5.02 Å². The molecule has 2 amide bonds. The first kappa shape index (κ1) is 20.8. The summed E-state index contributed by atoms with van der Waals surface area (Å²) in [5, 5.41) is 3.43. The molecule has 0 heterocycles. The number of carbonyl (C=O) groups excluding carboxylic acids is 2. The number of rotatable bonds is 7. The molecule has 0 saturated carbocycles. The topological polar surface area (TPSA) is 58.6 Å². The average Bonchev–Trinajstić information content (AvgIpc) is 2.66. The lowest BCUT2D eigenvalue weighted by Gasteiger charge is -2.27. The zero-order chi connectivity index (χ0) is 20.0. The van der Waals surface area contributed by atoms with E-state index in [0.717, 1.165) is 5.56 Å². The quantitative estimate of drug-likeness (QED) is 0.785. The Morgan fingerprint density at radius 1 is 1.15 bits per heavy atom. The van der Waals surface area contributed by atoms with Gasteiger partial charge in [0.1, 0.15) is 11.8 Å². The molecule has 1 unspecified atom stereocenters. The number of methoxy groups -OCH3 is 1. The van der Waals surface area contributed by atoms with Crippen LogP contribution in [0.4, 0.5) is 0 Å². The molecule has 0 bridgehead atoms. The number of benzene rings is 2. The van der Waals surface area contributed by atoms with E-state index in [4.69, 9.17) is 16.3 Å². The average molecular weight is 389 g/mol. The summed E-state index contributed by atoms with van der Waals surface area (Å²) in [5.74, 6) is 0.162. The van der Waals surface area contributed by atoms with Gasteiger partial charge in [0.15, 0.2) is 0 Å². The van der Waals surface area contributed by atoms with Crippen molar-refractivity contribution < 1.29 is 14.3 Å². The highest BCUT2D eigenvalue weighted by Gasteiger charge is 2.27. The fourth-order valence-corrected chi connectivity index (χ4v) is 2.96. The van der Waals surface area contributed by atoms with E-state index in [2.05, 4.69) is 5.32 Å². The van der Waals surface area contributed by atoms with Gasteiger partial charge in [0.2, 0.25) is 5.91 Å². The lowest BCUT2D eigenvalue weighted by atomic mass is 10.0. The predicted molar refractivity (Wildman–Crippen MR) is 107 cm³/mol. The largest absolute Gasteiger partial charge is 0.496 e. The zero-order valence-electron chi connectivity index (χ0n) is 16.0. The van der Waals surface area contributed by atoms with Gasteiger partial charge in [-0.05, 0) is 36.2 Å². The van der Waals surface area contributed by atoms with Crippen molar-refractivity contribution in [3.8, 4) is 5.75 Å². The minimum absolute atomic E-state index is 0.0612. The molecule has 0 saturated heterocycles. The second-order valence-electron chi connectivity index (χ2n) is 6.71. The molecule has 144 valence electrons. The highest BCUT2D eigenvalue weighted by atomic mass is 35.5. The Bertz CT molecular complexity index is 793. The SMILES string of the molecule is COc1ccc(Cl)cc1CN(C)C(=O)C(NC(=O)c1ccccc1)C(C)C.